The van der Waals surface area contributed by atoms with Gasteiger partial charge >= 0.3 is 6.03 Å². The number of likely N-dealkylation sites (N-methyl/N-ethyl adjacent to an activating group) is 2. The van der Waals surface area contributed by atoms with Gasteiger partial charge in [-0.2, -0.15) is 0 Å². The number of aromatic nitrogens is 1. The number of barbiturate groups is 1. The Hall–Kier alpha value is -4.91. The van der Waals surface area contributed by atoms with Crippen LogP contribution in [0.15, 0.2) is 96.6 Å². The summed E-state index contributed by atoms with van der Waals surface area (Å²) in [4.78, 5) is 40.3. The van der Waals surface area contributed by atoms with Crippen molar-refractivity contribution < 1.29 is 19.1 Å². The minimum absolute atomic E-state index is 0.0739. The highest BCUT2D eigenvalue weighted by atomic mass is 16.5. The normalized spacial score (nSPS) is 13.8. The van der Waals surface area contributed by atoms with Crippen molar-refractivity contribution in [3.05, 3.63) is 102 Å². The Kier molecular flexibility index (Phi) is 6.66. The Bertz CT molecular complexity index is 1510. The fourth-order valence-corrected chi connectivity index (χ4v) is 4.61. The lowest BCUT2D eigenvalue weighted by Gasteiger charge is -2.28. The summed E-state index contributed by atoms with van der Waals surface area (Å²) >= 11 is 0. The van der Waals surface area contributed by atoms with Crippen LogP contribution < -0.4 is 4.74 Å². The number of ether oxygens (including phenoxy) is 1. The van der Waals surface area contributed by atoms with E-state index in [0.717, 1.165) is 43.8 Å². The van der Waals surface area contributed by atoms with E-state index in [9.17, 15) is 14.4 Å². The Morgan fingerprint density at radius 2 is 1.29 bits per heavy atom. The highest BCUT2D eigenvalue weighted by molar-refractivity contribution is 6.30. The van der Waals surface area contributed by atoms with Crippen LogP contribution in [-0.4, -0.2) is 52.9 Å². The Balaban J connectivity index is 1.80. The average molecular weight is 506 g/mol. The Morgan fingerprint density at radius 1 is 0.737 bits per heavy atom. The van der Waals surface area contributed by atoms with Gasteiger partial charge in [0.05, 0.1) is 18.0 Å². The molecule has 2 heterocycles. The van der Waals surface area contributed by atoms with Gasteiger partial charge in [0, 0.05) is 25.3 Å². The van der Waals surface area contributed by atoms with Gasteiger partial charge in [-0.25, -0.2) is 4.79 Å². The molecule has 1 aliphatic rings. The number of hydrogen-bond acceptors (Lipinski definition) is 4. The highest BCUT2D eigenvalue weighted by Crippen LogP contribution is 2.38. The summed E-state index contributed by atoms with van der Waals surface area (Å²) in [5.41, 5.74) is 5.06. The van der Waals surface area contributed by atoms with E-state index in [1.807, 2.05) is 97.9 Å². The molecular formula is C31H27N3O4. The molecule has 0 aliphatic carbocycles. The lowest BCUT2D eigenvalue weighted by Crippen LogP contribution is -2.52. The molecule has 0 atom stereocenters. The number of carbonyl (C=O) groups excluding carboxylic acids is 3. The van der Waals surface area contributed by atoms with E-state index < -0.39 is 17.8 Å². The molecule has 190 valence electrons. The third-order valence-corrected chi connectivity index (χ3v) is 6.50. The average Bonchev–Trinajstić information content (AvgIpc) is 3.34. The quantitative estimate of drug-likeness (QED) is 0.251. The van der Waals surface area contributed by atoms with E-state index in [0.29, 0.717) is 12.2 Å². The van der Waals surface area contributed by atoms with Crippen LogP contribution in [0.4, 0.5) is 4.79 Å². The summed E-state index contributed by atoms with van der Waals surface area (Å²) in [6.07, 6.45) is 1.59. The highest BCUT2D eigenvalue weighted by Gasteiger charge is 2.38. The van der Waals surface area contributed by atoms with Crippen LogP contribution >= 0.6 is 0 Å². The lowest BCUT2D eigenvalue weighted by atomic mass is 10.0. The van der Waals surface area contributed by atoms with Gasteiger partial charge in [0.25, 0.3) is 11.8 Å². The SMILES string of the molecule is CCOc1ccc(-n2c(-c3ccccc3)cc(C=C3C(=O)N(C)C(=O)N(C)C3=O)c2-c2ccccc2)cc1. The standard InChI is InChI=1S/C31H27N3O4/c1-4-38-25-17-15-24(16-18-25)34-27(21-11-7-5-8-12-21)20-23(28(34)22-13-9-6-10-14-22)19-26-29(35)32(2)31(37)33(3)30(26)36/h5-20H,4H2,1-3H3. The number of benzene rings is 3. The summed E-state index contributed by atoms with van der Waals surface area (Å²) in [5, 5.41) is 0. The minimum Gasteiger partial charge on any atom is -0.494 e. The van der Waals surface area contributed by atoms with E-state index >= 15 is 0 Å². The maximum Gasteiger partial charge on any atom is 0.333 e. The number of amides is 4. The van der Waals surface area contributed by atoms with E-state index in [1.165, 1.54) is 14.1 Å². The van der Waals surface area contributed by atoms with Gasteiger partial charge in [0.2, 0.25) is 0 Å². The largest absolute Gasteiger partial charge is 0.494 e. The van der Waals surface area contributed by atoms with Crippen LogP contribution in [0, 0.1) is 0 Å². The van der Waals surface area contributed by atoms with E-state index in [1.54, 1.807) is 6.08 Å². The summed E-state index contributed by atoms with van der Waals surface area (Å²) in [5.74, 6) is -0.498. The smallest absolute Gasteiger partial charge is 0.333 e. The molecule has 1 aliphatic heterocycles. The second-order valence-corrected chi connectivity index (χ2v) is 8.90. The number of carbonyl (C=O) groups is 3. The first-order valence-corrected chi connectivity index (χ1v) is 12.3. The zero-order valence-electron chi connectivity index (χ0n) is 21.4. The van der Waals surface area contributed by atoms with Crippen molar-refractivity contribution >= 4 is 23.9 Å². The summed E-state index contributed by atoms with van der Waals surface area (Å²) in [6, 6.07) is 28.9. The minimum atomic E-state index is -0.655. The van der Waals surface area contributed by atoms with Crippen LogP contribution in [0.2, 0.25) is 0 Å². The molecule has 0 spiro atoms. The second-order valence-electron chi connectivity index (χ2n) is 8.90. The number of hydrogen-bond donors (Lipinski definition) is 0. The molecule has 0 bridgehead atoms. The van der Waals surface area contributed by atoms with Gasteiger partial charge in [-0.1, -0.05) is 60.7 Å². The monoisotopic (exact) mass is 505 g/mol. The summed E-state index contributed by atoms with van der Waals surface area (Å²) in [7, 11) is 2.75. The van der Waals surface area contributed by atoms with Gasteiger partial charge in [0.1, 0.15) is 11.3 Å². The van der Waals surface area contributed by atoms with Crippen molar-refractivity contribution in [1.82, 2.24) is 14.4 Å². The number of imide groups is 2. The number of rotatable bonds is 6. The van der Waals surface area contributed by atoms with Crippen LogP contribution in [0.1, 0.15) is 12.5 Å². The number of nitrogens with zero attached hydrogens (tertiary/aromatic N) is 3. The van der Waals surface area contributed by atoms with Crippen molar-refractivity contribution in [1.29, 1.82) is 0 Å². The van der Waals surface area contributed by atoms with Crippen LogP contribution in [0.5, 0.6) is 5.75 Å². The van der Waals surface area contributed by atoms with E-state index in [4.69, 9.17) is 4.74 Å². The van der Waals surface area contributed by atoms with E-state index in [-0.39, 0.29) is 5.57 Å². The van der Waals surface area contributed by atoms with Crippen molar-refractivity contribution in [3.8, 4) is 34.0 Å². The molecule has 4 amide bonds. The maximum atomic E-state index is 13.0. The zero-order chi connectivity index (χ0) is 26.8. The molecule has 5 rings (SSSR count). The molecule has 4 aromatic rings. The second kappa shape index (κ2) is 10.2. The fraction of sp³-hybridized carbons (Fsp3) is 0.129. The zero-order valence-corrected chi connectivity index (χ0v) is 21.4. The van der Waals surface area contributed by atoms with Gasteiger partial charge < -0.3 is 9.30 Å². The molecule has 0 unspecified atom stereocenters. The predicted octanol–water partition coefficient (Wildman–Crippen LogP) is 5.64. The first kappa shape index (κ1) is 24.8. The van der Waals surface area contributed by atoms with Crippen LogP contribution in [-0.2, 0) is 9.59 Å². The first-order chi connectivity index (χ1) is 18.4. The van der Waals surface area contributed by atoms with Crippen molar-refractivity contribution in [2.75, 3.05) is 20.7 Å². The first-order valence-electron chi connectivity index (χ1n) is 12.3. The van der Waals surface area contributed by atoms with Crippen molar-refractivity contribution in [2.45, 2.75) is 6.92 Å². The summed E-state index contributed by atoms with van der Waals surface area (Å²) < 4.78 is 7.77. The van der Waals surface area contributed by atoms with E-state index in [2.05, 4.69) is 4.57 Å². The molecular weight excluding hydrogens is 478 g/mol. The van der Waals surface area contributed by atoms with Gasteiger partial charge in [-0.15, -0.1) is 0 Å². The summed E-state index contributed by atoms with van der Waals surface area (Å²) in [6.45, 7) is 2.51. The molecule has 38 heavy (non-hydrogen) atoms. The molecule has 1 fully saturated rings. The predicted molar refractivity (Wildman–Crippen MR) is 147 cm³/mol. The van der Waals surface area contributed by atoms with Crippen LogP contribution in [0.25, 0.3) is 34.3 Å². The molecule has 3 aromatic carbocycles. The van der Waals surface area contributed by atoms with Crippen molar-refractivity contribution in [2.24, 2.45) is 0 Å². The Morgan fingerprint density at radius 3 is 1.84 bits per heavy atom. The molecule has 7 nitrogen and oxygen atoms in total. The fourth-order valence-electron chi connectivity index (χ4n) is 4.61. The topological polar surface area (TPSA) is 71.8 Å². The lowest BCUT2D eigenvalue weighted by molar-refractivity contribution is -0.134. The molecule has 1 saturated heterocycles. The third-order valence-electron chi connectivity index (χ3n) is 6.50. The molecule has 0 N–H and O–H groups in total. The Labute approximate surface area is 221 Å². The molecule has 1 aromatic heterocycles. The molecule has 0 saturated carbocycles. The maximum absolute atomic E-state index is 13.0. The van der Waals surface area contributed by atoms with Gasteiger partial charge in [-0.3, -0.25) is 19.4 Å². The van der Waals surface area contributed by atoms with Crippen LogP contribution in [0.3, 0.4) is 0 Å². The van der Waals surface area contributed by atoms with Crippen molar-refractivity contribution in [3.63, 3.8) is 0 Å². The van der Waals surface area contributed by atoms with Gasteiger partial charge in [0.15, 0.2) is 0 Å². The number of urea groups is 1. The molecule has 7 heteroatoms. The third kappa shape index (κ3) is 4.39. The van der Waals surface area contributed by atoms with Gasteiger partial charge in [-0.05, 0) is 54.5 Å². The molecule has 0 radical (unpaired) electrons.